The van der Waals surface area contributed by atoms with Gasteiger partial charge in [-0.1, -0.05) is 43.7 Å². The largest absolute Gasteiger partial charge is 0.376 e. The maximum atomic E-state index is 12.4. The van der Waals surface area contributed by atoms with E-state index in [1.807, 2.05) is 0 Å². The molecule has 4 nitrogen and oxygen atoms in total. The van der Waals surface area contributed by atoms with Crippen LogP contribution in [-0.4, -0.2) is 15.8 Å². The number of nitrogens with zero attached hydrogens (tertiary/aromatic N) is 2. The molecule has 0 radical (unpaired) electrons. The van der Waals surface area contributed by atoms with Crippen molar-refractivity contribution >= 4 is 17.3 Å². The third-order valence-corrected chi connectivity index (χ3v) is 4.51. The third-order valence-electron chi connectivity index (χ3n) is 4.23. The van der Waals surface area contributed by atoms with Gasteiger partial charge in [-0.15, -0.1) is 6.42 Å². The lowest BCUT2D eigenvalue weighted by Gasteiger charge is -2.31. The van der Waals surface area contributed by atoms with Gasteiger partial charge in [0.15, 0.2) is 0 Å². The Kier molecular flexibility index (Phi) is 5.69. The maximum Gasteiger partial charge on any atom is 0.292 e. The molecule has 21 heavy (non-hydrogen) atoms. The first kappa shape index (κ1) is 15.9. The highest BCUT2D eigenvalue weighted by Gasteiger charge is 2.24. The van der Waals surface area contributed by atoms with Crippen LogP contribution >= 0.6 is 11.6 Å². The van der Waals surface area contributed by atoms with E-state index in [0.29, 0.717) is 16.6 Å². The molecular weight excluding hydrogens is 286 g/mol. The molecule has 1 aromatic rings. The number of aromatic nitrogens is 2. The molecule has 1 aliphatic carbocycles. The van der Waals surface area contributed by atoms with Crippen molar-refractivity contribution in [3.8, 4) is 12.3 Å². The van der Waals surface area contributed by atoms with Gasteiger partial charge in [-0.05, 0) is 25.2 Å². The summed E-state index contributed by atoms with van der Waals surface area (Å²) in [5.74, 6) is 3.04. The Bertz CT molecular complexity index is 570. The van der Waals surface area contributed by atoms with E-state index in [1.165, 1.54) is 43.0 Å². The minimum Gasteiger partial charge on any atom is -0.376 e. The van der Waals surface area contributed by atoms with Crippen LogP contribution in [0.5, 0.6) is 0 Å². The van der Waals surface area contributed by atoms with Crippen LogP contribution < -0.4 is 10.9 Å². The van der Waals surface area contributed by atoms with E-state index in [2.05, 4.69) is 23.3 Å². The smallest absolute Gasteiger partial charge is 0.292 e. The van der Waals surface area contributed by atoms with Crippen LogP contribution in [0.15, 0.2) is 11.0 Å². The number of hydrogen-bond donors (Lipinski definition) is 1. The van der Waals surface area contributed by atoms with Gasteiger partial charge in [-0.25, -0.2) is 4.68 Å². The highest BCUT2D eigenvalue weighted by molar-refractivity contribution is 6.33. The van der Waals surface area contributed by atoms with Crippen LogP contribution in [0.1, 0.15) is 45.4 Å². The van der Waals surface area contributed by atoms with Gasteiger partial charge in [-0.3, -0.25) is 4.79 Å². The van der Waals surface area contributed by atoms with Gasteiger partial charge in [0.25, 0.3) is 5.56 Å². The topological polar surface area (TPSA) is 46.9 Å². The molecule has 114 valence electrons. The van der Waals surface area contributed by atoms with Crippen molar-refractivity contribution in [3.05, 3.63) is 21.6 Å². The second-order valence-corrected chi connectivity index (χ2v) is 6.00. The molecule has 0 bridgehead atoms. The Balaban J connectivity index is 2.22. The number of anilines is 1. The average Bonchev–Trinajstić information content (AvgIpc) is 2.51. The first-order valence-electron chi connectivity index (χ1n) is 7.63. The molecule has 1 fully saturated rings. The Labute approximate surface area is 130 Å². The van der Waals surface area contributed by atoms with Gasteiger partial charge in [0.05, 0.1) is 11.2 Å². The first-order valence-corrected chi connectivity index (χ1v) is 8.00. The summed E-state index contributed by atoms with van der Waals surface area (Å²) in [6.07, 6.45) is 14.0. The van der Waals surface area contributed by atoms with Crippen molar-refractivity contribution in [2.24, 2.45) is 5.92 Å². The highest BCUT2D eigenvalue weighted by atomic mass is 35.5. The van der Waals surface area contributed by atoms with Gasteiger partial charge in [0.1, 0.15) is 12.2 Å². The Morgan fingerprint density at radius 1 is 1.52 bits per heavy atom. The summed E-state index contributed by atoms with van der Waals surface area (Å²) in [4.78, 5) is 12.4. The van der Waals surface area contributed by atoms with E-state index in [-0.39, 0.29) is 18.1 Å². The van der Waals surface area contributed by atoms with E-state index in [4.69, 9.17) is 18.0 Å². The molecule has 1 unspecified atom stereocenters. The van der Waals surface area contributed by atoms with E-state index in [9.17, 15) is 4.79 Å². The summed E-state index contributed by atoms with van der Waals surface area (Å²) >= 11 is 6.15. The molecule has 0 amide bonds. The van der Waals surface area contributed by atoms with E-state index in [1.54, 1.807) is 0 Å². The maximum absolute atomic E-state index is 12.4. The van der Waals surface area contributed by atoms with Gasteiger partial charge >= 0.3 is 0 Å². The summed E-state index contributed by atoms with van der Waals surface area (Å²) in [5.41, 5.74) is 0.189. The normalized spacial score (nSPS) is 17.2. The van der Waals surface area contributed by atoms with Crippen LogP contribution in [0.4, 0.5) is 5.69 Å². The molecule has 1 saturated carbocycles. The predicted octanol–water partition coefficient (Wildman–Crippen LogP) is 3.30. The summed E-state index contributed by atoms with van der Waals surface area (Å²) in [7, 11) is 0. The monoisotopic (exact) mass is 307 g/mol. The van der Waals surface area contributed by atoms with Crippen molar-refractivity contribution in [3.63, 3.8) is 0 Å². The van der Waals surface area contributed by atoms with Crippen molar-refractivity contribution < 1.29 is 0 Å². The minimum atomic E-state index is -0.241. The molecule has 1 heterocycles. The molecular formula is C16H22ClN3O. The highest BCUT2D eigenvalue weighted by Crippen LogP contribution is 2.30. The first-order chi connectivity index (χ1) is 10.2. The predicted molar refractivity (Wildman–Crippen MR) is 86.6 cm³/mol. The molecule has 1 atom stereocenters. The quantitative estimate of drug-likeness (QED) is 0.849. The fourth-order valence-electron chi connectivity index (χ4n) is 3.07. The van der Waals surface area contributed by atoms with E-state index < -0.39 is 0 Å². The molecule has 1 aliphatic rings. The summed E-state index contributed by atoms with van der Waals surface area (Å²) < 4.78 is 1.27. The second-order valence-electron chi connectivity index (χ2n) is 5.59. The number of halogens is 1. The lowest BCUT2D eigenvalue weighted by Crippen LogP contribution is -2.34. The van der Waals surface area contributed by atoms with Crippen molar-refractivity contribution in [2.75, 3.05) is 5.32 Å². The van der Waals surface area contributed by atoms with Gasteiger partial charge in [0, 0.05) is 6.04 Å². The number of rotatable bonds is 5. The zero-order valence-electron chi connectivity index (χ0n) is 12.4. The van der Waals surface area contributed by atoms with E-state index in [0.717, 1.165) is 6.42 Å². The summed E-state index contributed by atoms with van der Waals surface area (Å²) in [5, 5.41) is 7.69. The van der Waals surface area contributed by atoms with Crippen LogP contribution in [0.3, 0.4) is 0 Å². The molecule has 2 rings (SSSR count). The lowest BCUT2D eigenvalue weighted by molar-refractivity contribution is 0.312. The lowest BCUT2D eigenvalue weighted by atomic mass is 9.83. The Hall–Kier alpha value is -1.47. The Morgan fingerprint density at radius 3 is 2.86 bits per heavy atom. The van der Waals surface area contributed by atoms with Gasteiger partial charge in [0.2, 0.25) is 0 Å². The summed E-state index contributed by atoms with van der Waals surface area (Å²) in [6, 6.07) is 0.275. The number of hydrogen-bond acceptors (Lipinski definition) is 3. The number of nitrogens with one attached hydrogen (secondary N) is 1. The summed E-state index contributed by atoms with van der Waals surface area (Å²) in [6.45, 7) is 2.30. The zero-order chi connectivity index (χ0) is 15.2. The molecule has 0 aliphatic heterocycles. The standard InChI is InChI=1S/C16H22ClN3O/c1-3-10-20-16(21)15(13(17)11-18-20)19-14(4-2)12-8-6-5-7-9-12/h1,11-12,14,19H,4-10H2,2H3. The van der Waals surface area contributed by atoms with Crippen molar-refractivity contribution in [1.29, 1.82) is 0 Å². The fraction of sp³-hybridized carbons (Fsp3) is 0.625. The minimum absolute atomic E-state index is 0.158. The second kappa shape index (κ2) is 7.51. The molecule has 1 N–H and O–H groups in total. The van der Waals surface area contributed by atoms with Crippen LogP contribution in [0, 0.1) is 18.3 Å². The van der Waals surface area contributed by atoms with E-state index >= 15 is 0 Å². The molecule has 0 saturated heterocycles. The average molecular weight is 308 g/mol. The SMILES string of the molecule is C#CCn1ncc(Cl)c(NC(CC)C2CCCCC2)c1=O. The van der Waals surface area contributed by atoms with Crippen LogP contribution in [-0.2, 0) is 6.54 Å². The number of terminal acetylenes is 1. The van der Waals surface area contributed by atoms with Crippen molar-refractivity contribution in [1.82, 2.24) is 9.78 Å². The van der Waals surface area contributed by atoms with Gasteiger partial charge < -0.3 is 5.32 Å². The van der Waals surface area contributed by atoms with Crippen molar-refractivity contribution in [2.45, 2.75) is 58.0 Å². The fourth-order valence-corrected chi connectivity index (χ4v) is 3.25. The Morgan fingerprint density at radius 2 is 2.24 bits per heavy atom. The van der Waals surface area contributed by atoms with Gasteiger partial charge in [-0.2, -0.15) is 5.10 Å². The molecule has 1 aromatic heterocycles. The zero-order valence-corrected chi connectivity index (χ0v) is 13.2. The molecule has 5 heteroatoms. The third kappa shape index (κ3) is 3.79. The van der Waals surface area contributed by atoms with Crippen LogP contribution in [0.2, 0.25) is 5.02 Å². The molecule has 0 aromatic carbocycles. The van der Waals surface area contributed by atoms with Crippen LogP contribution in [0.25, 0.3) is 0 Å². The molecule has 0 spiro atoms.